The molecule has 60 valence electrons. The van der Waals surface area contributed by atoms with E-state index in [2.05, 4.69) is 37.7 Å². The van der Waals surface area contributed by atoms with Gasteiger partial charge in [0.2, 0.25) is 0 Å². The van der Waals surface area contributed by atoms with E-state index in [1.165, 1.54) is 6.42 Å². The Labute approximate surface area is 68.0 Å². The van der Waals surface area contributed by atoms with Gasteiger partial charge in [0.1, 0.15) is 0 Å². The molecule has 2 rings (SSSR count). The van der Waals surface area contributed by atoms with E-state index in [0.717, 1.165) is 11.8 Å². The highest BCUT2D eigenvalue weighted by Crippen LogP contribution is 2.41. The summed E-state index contributed by atoms with van der Waals surface area (Å²) in [5.74, 6) is 1.54. The zero-order valence-corrected chi connectivity index (χ0v) is 7.46. The number of nitrogens with zero attached hydrogens (tertiary/aromatic N) is 1. The van der Waals surface area contributed by atoms with Crippen molar-refractivity contribution >= 4 is 0 Å². The van der Waals surface area contributed by atoms with Gasteiger partial charge in [-0.25, -0.2) is 0 Å². The van der Waals surface area contributed by atoms with Gasteiger partial charge < -0.3 is 4.57 Å². The highest BCUT2D eigenvalue weighted by molar-refractivity contribution is 5.33. The van der Waals surface area contributed by atoms with Crippen LogP contribution < -0.4 is 0 Å². The largest absolute Gasteiger partial charge is 0.354 e. The van der Waals surface area contributed by atoms with E-state index in [4.69, 9.17) is 0 Å². The molecule has 0 bridgehead atoms. The number of hydrogen-bond donors (Lipinski definition) is 0. The van der Waals surface area contributed by atoms with Crippen molar-refractivity contribution in [3.8, 4) is 0 Å². The smallest absolute Gasteiger partial charge is 0.0235 e. The third-order valence-electron chi connectivity index (χ3n) is 2.86. The van der Waals surface area contributed by atoms with E-state index in [-0.39, 0.29) is 0 Å². The lowest BCUT2D eigenvalue weighted by molar-refractivity contribution is 0.634. The lowest BCUT2D eigenvalue weighted by atomic mass is 10.1. The SMILES string of the molecule is CC1CC(C)c2c1ccn2C. The van der Waals surface area contributed by atoms with Gasteiger partial charge in [-0.3, -0.25) is 0 Å². The summed E-state index contributed by atoms with van der Waals surface area (Å²) >= 11 is 0. The average Bonchev–Trinajstić information content (AvgIpc) is 2.41. The van der Waals surface area contributed by atoms with Gasteiger partial charge in [-0.15, -0.1) is 0 Å². The molecule has 0 saturated heterocycles. The van der Waals surface area contributed by atoms with E-state index in [1.54, 1.807) is 11.3 Å². The molecule has 0 radical (unpaired) electrons. The minimum atomic E-state index is 0.764. The standard InChI is InChI=1S/C10H15N/c1-7-6-8(2)10-9(7)4-5-11(10)3/h4-5,7-8H,6H2,1-3H3. The second-order valence-electron chi connectivity index (χ2n) is 3.81. The van der Waals surface area contributed by atoms with Crippen LogP contribution >= 0.6 is 0 Å². The van der Waals surface area contributed by atoms with Gasteiger partial charge in [-0.05, 0) is 29.9 Å². The first-order chi connectivity index (χ1) is 5.20. The van der Waals surface area contributed by atoms with Crippen molar-refractivity contribution in [2.24, 2.45) is 7.05 Å². The fraction of sp³-hybridized carbons (Fsp3) is 0.600. The molecule has 1 heterocycles. The topological polar surface area (TPSA) is 4.93 Å². The van der Waals surface area contributed by atoms with Crippen LogP contribution in [0.25, 0.3) is 0 Å². The number of rotatable bonds is 0. The van der Waals surface area contributed by atoms with Gasteiger partial charge in [0.15, 0.2) is 0 Å². The molecule has 1 aliphatic carbocycles. The summed E-state index contributed by atoms with van der Waals surface area (Å²) in [4.78, 5) is 0. The Morgan fingerprint density at radius 2 is 2.09 bits per heavy atom. The Balaban J connectivity index is 2.54. The van der Waals surface area contributed by atoms with E-state index in [9.17, 15) is 0 Å². The fourth-order valence-corrected chi connectivity index (χ4v) is 2.38. The molecular formula is C10H15N. The first-order valence-corrected chi connectivity index (χ1v) is 4.35. The van der Waals surface area contributed by atoms with Gasteiger partial charge in [0, 0.05) is 18.9 Å². The number of fused-ring (bicyclic) bond motifs is 1. The van der Waals surface area contributed by atoms with Gasteiger partial charge in [0.25, 0.3) is 0 Å². The van der Waals surface area contributed by atoms with E-state index in [0.29, 0.717) is 0 Å². The molecule has 1 aromatic heterocycles. The fourth-order valence-electron chi connectivity index (χ4n) is 2.38. The van der Waals surface area contributed by atoms with Crippen LogP contribution in [0, 0.1) is 0 Å². The number of hydrogen-bond acceptors (Lipinski definition) is 0. The van der Waals surface area contributed by atoms with Gasteiger partial charge in [-0.2, -0.15) is 0 Å². The van der Waals surface area contributed by atoms with Crippen LogP contribution in [0.15, 0.2) is 12.3 Å². The maximum absolute atomic E-state index is 2.32. The Hall–Kier alpha value is -0.720. The quantitative estimate of drug-likeness (QED) is 0.534. The van der Waals surface area contributed by atoms with Crippen LogP contribution in [-0.2, 0) is 7.05 Å². The summed E-state index contributed by atoms with van der Waals surface area (Å²) in [6.07, 6.45) is 3.51. The average molecular weight is 149 g/mol. The Morgan fingerprint density at radius 1 is 1.36 bits per heavy atom. The molecule has 1 aromatic rings. The molecule has 2 atom stereocenters. The molecular weight excluding hydrogens is 134 g/mol. The summed E-state index contributed by atoms with van der Waals surface area (Å²) in [5.41, 5.74) is 3.12. The number of aromatic nitrogens is 1. The molecule has 0 spiro atoms. The summed E-state index contributed by atoms with van der Waals surface area (Å²) in [6.45, 7) is 4.64. The second kappa shape index (κ2) is 2.13. The second-order valence-corrected chi connectivity index (χ2v) is 3.81. The molecule has 1 heteroatoms. The number of aryl methyl sites for hydroxylation is 1. The summed E-state index contributed by atoms with van der Waals surface area (Å²) in [7, 11) is 2.15. The first-order valence-electron chi connectivity index (χ1n) is 4.35. The Bertz CT molecular complexity index is 272. The normalized spacial score (nSPS) is 29.0. The van der Waals surface area contributed by atoms with Crippen molar-refractivity contribution in [1.29, 1.82) is 0 Å². The maximum atomic E-state index is 2.32. The van der Waals surface area contributed by atoms with Crippen molar-refractivity contribution in [2.75, 3.05) is 0 Å². The zero-order chi connectivity index (χ0) is 8.01. The molecule has 0 saturated carbocycles. The van der Waals surface area contributed by atoms with E-state index < -0.39 is 0 Å². The van der Waals surface area contributed by atoms with Gasteiger partial charge in [-0.1, -0.05) is 13.8 Å². The summed E-state index contributed by atoms with van der Waals surface area (Å²) in [6, 6.07) is 2.27. The molecule has 0 fully saturated rings. The highest BCUT2D eigenvalue weighted by atomic mass is 14.9. The van der Waals surface area contributed by atoms with Crippen LogP contribution in [0.4, 0.5) is 0 Å². The van der Waals surface area contributed by atoms with Crippen LogP contribution in [-0.4, -0.2) is 4.57 Å². The lowest BCUT2D eigenvalue weighted by Gasteiger charge is -2.05. The van der Waals surface area contributed by atoms with Crippen LogP contribution in [0.5, 0.6) is 0 Å². The third kappa shape index (κ3) is 0.834. The molecule has 0 aromatic carbocycles. The predicted octanol–water partition coefficient (Wildman–Crippen LogP) is 2.64. The molecule has 2 unspecified atom stereocenters. The molecule has 0 amide bonds. The summed E-state index contributed by atoms with van der Waals surface area (Å²) in [5, 5.41) is 0. The monoisotopic (exact) mass is 149 g/mol. The van der Waals surface area contributed by atoms with Gasteiger partial charge in [0.05, 0.1) is 0 Å². The highest BCUT2D eigenvalue weighted by Gasteiger charge is 2.26. The molecule has 1 aliphatic rings. The third-order valence-corrected chi connectivity index (χ3v) is 2.86. The maximum Gasteiger partial charge on any atom is 0.0235 e. The van der Waals surface area contributed by atoms with Crippen molar-refractivity contribution in [3.63, 3.8) is 0 Å². The Kier molecular flexibility index (Phi) is 1.35. The lowest BCUT2D eigenvalue weighted by Crippen LogP contribution is -1.95. The first kappa shape index (κ1) is 6.96. The molecule has 11 heavy (non-hydrogen) atoms. The van der Waals surface area contributed by atoms with Crippen molar-refractivity contribution in [2.45, 2.75) is 32.1 Å². The van der Waals surface area contributed by atoms with Crippen LogP contribution in [0.2, 0.25) is 0 Å². The van der Waals surface area contributed by atoms with Gasteiger partial charge >= 0.3 is 0 Å². The minimum absolute atomic E-state index is 0.764. The van der Waals surface area contributed by atoms with Crippen molar-refractivity contribution in [3.05, 3.63) is 23.5 Å². The molecule has 0 N–H and O–H groups in total. The molecule has 0 aliphatic heterocycles. The summed E-state index contributed by atoms with van der Waals surface area (Å²) < 4.78 is 2.27. The predicted molar refractivity (Wildman–Crippen MR) is 46.9 cm³/mol. The van der Waals surface area contributed by atoms with Crippen molar-refractivity contribution < 1.29 is 0 Å². The van der Waals surface area contributed by atoms with Crippen LogP contribution in [0.3, 0.4) is 0 Å². The minimum Gasteiger partial charge on any atom is -0.354 e. The van der Waals surface area contributed by atoms with Crippen LogP contribution in [0.1, 0.15) is 43.4 Å². The Morgan fingerprint density at radius 3 is 2.73 bits per heavy atom. The van der Waals surface area contributed by atoms with E-state index in [1.807, 2.05) is 0 Å². The zero-order valence-electron chi connectivity index (χ0n) is 7.46. The van der Waals surface area contributed by atoms with E-state index >= 15 is 0 Å². The molecule has 1 nitrogen and oxygen atoms in total. The van der Waals surface area contributed by atoms with Crippen molar-refractivity contribution in [1.82, 2.24) is 4.57 Å².